The molecule has 0 aliphatic rings. The fraction of sp³-hybridized carbons (Fsp3) is 0.417. The van der Waals surface area contributed by atoms with Gasteiger partial charge >= 0.3 is 0 Å². The molecule has 0 aromatic heterocycles. The second-order valence-corrected chi connectivity index (χ2v) is 5.24. The molecule has 0 aliphatic carbocycles. The van der Waals surface area contributed by atoms with Crippen LogP contribution in [-0.4, -0.2) is 19.1 Å². The van der Waals surface area contributed by atoms with E-state index in [1.165, 1.54) is 0 Å². The van der Waals surface area contributed by atoms with Gasteiger partial charge in [0.1, 0.15) is 5.75 Å². The van der Waals surface area contributed by atoms with Gasteiger partial charge in [-0.2, -0.15) is 0 Å². The Morgan fingerprint density at radius 3 is 2.88 bits per heavy atom. The Hall–Kier alpha value is -0.740. The number of carbonyl (C=O) groups is 1. The summed E-state index contributed by atoms with van der Waals surface area (Å²) in [6, 6.07) is 5.28. The van der Waals surface area contributed by atoms with Crippen LogP contribution in [0.2, 0.25) is 5.02 Å². The largest absolute Gasteiger partial charge is 0.483 e. The van der Waals surface area contributed by atoms with E-state index < -0.39 is 0 Å². The number of benzene rings is 1. The lowest BCUT2D eigenvalue weighted by Gasteiger charge is -2.10. The third kappa shape index (κ3) is 4.96. The van der Waals surface area contributed by atoms with Gasteiger partial charge < -0.3 is 10.1 Å². The molecule has 1 aromatic rings. The van der Waals surface area contributed by atoms with Crippen LogP contribution in [0.15, 0.2) is 22.7 Å². The number of nitrogens with one attached hydrogen (secondary N) is 1. The van der Waals surface area contributed by atoms with Crippen LogP contribution >= 0.6 is 27.5 Å². The van der Waals surface area contributed by atoms with Gasteiger partial charge in [0.2, 0.25) is 0 Å². The lowest BCUT2D eigenvalue weighted by atomic mass is 10.2. The van der Waals surface area contributed by atoms with Crippen molar-refractivity contribution < 1.29 is 9.53 Å². The predicted octanol–water partition coefficient (Wildman–Crippen LogP) is 3.25. The standard InChI is InChI=1S/C12H15BrClNO2/c1-8(2)6-15-11(16)7-17-10-5-3-4-9(14)12(10)13/h3-5,8H,6-7H2,1-2H3,(H,15,16). The second-order valence-electron chi connectivity index (χ2n) is 4.04. The van der Waals surface area contributed by atoms with E-state index >= 15 is 0 Å². The van der Waals surface area contributed by atoms with Crippen LogP contribution in [0, 0.1) is 5.92 Å². The van der Waals surface area contributed by atoms with Crippen molar-refractivity contribution in [3.63, 3.8) is 0 Å². The zero-order valence-electron chi connectivity index (χ0n) is 9.80. The van der Waals surface area contributed by atoms with Crippen molar-refractivity contribution in [2.75, 3.05) is 13.2 Å². The number of halogens is 2. The van der Waals surface area contributed by atoms with Crippen LogP contribution < -0.4 is 10.1 Å². The Morgan fingerprint density at radius 1 is 1.53 bits per heavy atom. The van der Waals surface area contributed by atoms with E-state index in [0.29, 0.717) is 27.7 Å². The molecule has 0 saturated heterocycles. The van der Waals surface area contributed by atoms with Crippen LogP contribution in [0.5, 0.6) is 5.75 Å². The topological polar surface area (TPSA) is 38.3 Å². The first-order chi connectivity index (χ1) is 8.00. The molecule has 0 saturated carbocycles. The highest BCUT2D eigenvalue weighted by Crippen LogP contribution is 2.31. The minimum Gasteiger partial charge on any atom is -0.483 e. The summed E-state index contributed by atoms with van der Waals surface area (Å²) >= 11 is 9.21. The van der Waals surface area contributed by atoms with Crippen molar-refractivity contribution in [2.24, 2.45) is 5.92 Å². The molecule has 0 bridgehead atoms. The smallest absolute Gasteiger partial charge is 0.257 e. The number of rotatable bonds is 5. The van der Waals surface area contributed by atoms with Crippen molar-refractivity contribution in [1.29, 1.82) is 0 Å². The molecule has 0 spiro atoms. The monoisotopic (exact) mass is 319 g/mol. The minimum atomic E-state index is -0.134. The van der Waals surface area contributed by atoms with Crippen molar-refractivity contribution >= 4 is 33.4 Å². The fourth-order valence-corrected chi connectivity index (χ4v) is 1.65. The summed E-state index contributed by atoms with van der Waals surface area (Å²) in [6.07, 6.45) is 0. The molecule has 0 radical (unpaired) electrons. The average molecular weight is 321 g/mol. The molecule has 94 valence electrons. The van der Waals surface area contributed by atoms with E-state index in [2.05, 4.69) is 21.2 Å². The molecule has 1 amide bonds. The minimum absolute atomic E-state index is 0.00827. The molecule has 3 nitrogen and oxygen atoms in total. The number of hydrogen-bond donors (Lipinski definition) is 1. The number of hydrogen-bond acceptors (Lipinski definition) is 2. The lowest BCUT2D eigenvalue weighted by molar-refractivity contribution is -0.123. The predicted molar refractivity (Wildman–Crippen MR) is 72.5 cm³/mol. The Kier molecular flexibility index (Phi) is 5.78. The summed E-state index contributed by atoms with van der Waals surface area (Å²) in [6.45, 7) is 4.72. The summed E-state index contributed by atoms with van der Waals surface area (Å²) in [5.41, 5.74) is 0. The van der Waals surface area contributed by atoms with E-state index in [0.717, 1.165) is 0 Å². The highest BCUT2D eigenvalue weighted by atomic mass is 79.9. The first kappa shape index (κ1) is 14.3. The van der Waals surface area contributed by atoms with Gasteiger partial charge in [0.05, 0.1) is 9.50 Å². The van der Waals surface area contributed by atoms with E-state index in [-0.39, 0.29) is 12.5 Å². The van der Waals surface area contributed by atoms with Gasteiger partial charge in [0.25, 0.3) is 5.91 Å². The summed E-state index contributed by atoms with van der Waals surface area (Å²) in [5.74, 6) is 0.861. The lowest BCUT2D eigenvalue weighted by Crippen LogP contribution is -2.31. The highest BCUT2D eigenvalue weighted by Gasteiger charge is 2.07. The van der Waals surface area contributed by atoms with Gasteiger partial charge in [-0.3, -0.25) is 4.79 Å². The first-order valence-electron chi connectivity index (χ1n) is 5.34. The first-order valence-corrected chi connectivity index (χ1v) is 6.51. The fourth-order valence-electron chi connectivity index (χ4n) is 1.11. The van der Waals surface area contributed by atoms with Gasteiger partial charge in [0.15, 0.2) is 6.61 Å². The Balaban J connectivity index is 2.45. The van der Waals surface area contributed by atoms with Crippen LogP contribution in [0.1, 0.15) is 13.8 Å². The number of carbonyl (C=O) groups excluding carboxylic acids is 1. The molecular weight excluding hydrogens is 305 g/mol. The molecule has 0 unspecified atom stereocenters. The Labute approximate surface area is 115 Å². The van der Waals surface area contributed by atoms with E-state index in [1.807, 2.05) is 13.8 Å². The summed E-state index contributed by atoms with van der Waals surface area (Å²) in [7, 11) is 0. The van der Waals surface area contributed by atoms with E-state index in [9.17, 15) is 4.79 Å². The average Bonchev–Trinajstić information content (AvgIpc) is 2.28. The molecule has 0 fully saturated rings. The summed E-state index contributed by atoms with van der Waals surface area (Å²) in [5, 5.41) is 3.33. The van der Waals surface area contributed by atoms with Gasteiger partial charge in [-0.05, 0) is 34.0 Å². The van der Waals surface area contributed by atoms with Gasteiger partial charge in [-0.25, -0.2) is 0 Å². The molecule has 0 atom stereocenters. The zero-order valence-corrected chi connectivity index (χ0v) is 12.1. The maximum Gasteiger partial charge on any atom is 0.257 e. The van der Waals surface area contributed by atoms with Crippen molar-refractivity contribution in [3.05, 3.63) is 27.7 Å². The normalized spacial score (nSPS) is 10.4. The van der Waals surface area contributed by atoms with Crippen molar-refractivity contribution in [2.45, 2.75) is 13.8 Å². The molecular formula is C12H15BrClNO2. The van der Waals surface area contributed by atoms with Gasteiger partial charge in [0, 0.05) is 6.54 Å². The third-order valence-electron chi connectivity index (χ3n) is 1.98. The van der Waals surface area contributed by atoms with Crippen molar-refractivity contribution in [3.8, 4) is 5.75 Å². The summed E-state index contributed by atoms with van der Waals surface area (Å²) < 4.78 is 6.03. The molecule has 1 N–H and O–H groups in total. The number of ether oxygens (including phenoxy) is 1. The molecule has 0 aliphatic heterocycles. The molecule has 1 aromatic carbocycles. The molecule has 0 heterocycles. The third-order valence-corrected chi connectivity index (χ3v) is 3.34. The van der Waals surface area contributed by atoms with Crippen LogP contribution in [0.3, 0.4) is 0 Å². The van der Waals surface area contributed by atoms with Crippen LogP contribution in [-0.2, 0) is 4.79 Å². The molecule has 17 heavy (non-hydrogen) atoms. The molecule has 1 rings (SSSR count). The number of amides is 1. The Morgan fingerprint density at radius 2 is 2.24 bits per heavy atom. The van der Waals surface area contributed by atoms with Gasteiger partial charge in [-0.1, -0.05) is 31.5 Å². The van der Waals surface area contributed by atoms with Crippen LogP contribution in [0.4, 0.5) is 0 Å². The van der Waals surface area contributed by atoms with Crippen molar-refractivity contribution in [1.82, 2.24) is 5.32 Å². The summed E-state index contributed by atoms with van der Waals surface area (Å²) in [4.78, 5) is 11.4. The SMILES string of the molecule is CC(C)CNC(=O)COc1cccc(Cl)c1Br. The molecule has 5 heteroatoms. The van der Waals surface area contributed by atoms with E-state index in [4.69, 9.17) is 16.3 Å². The van der Waals surface area contributed by atoms with E-state index in [1.54, 1.807) is 18.2 Å². The highest BCUT2D eigenvalue weighted by molar-refractivity contribution is 9.10. The second kappa shape index (κ2) is 6.87. The quantitative estimate of drug-likeness (QED) is 0.904. The zero-order chi connectivity index (χ0) is 12.8. The maximum absolute atomic E-state index is 11.4. The van der Waals surface area contributed by atoms with Gasteiger partial charge in [-0.15, -0.1) is 0 Å². The van der Waals surface area contributed by atoms with Crippen LogP contribution in [0.25, 0.3) is 0 Å². The Bertz CT molecular complexity index is 396. The maximum atomic E-state index is 11.4.